The van der Waals surface area contributed by atoms with Gasteiger partial charge in [0.05, 0.1) is 6.10 Å². The van der Waals surface area contributed by atoms with Crippen molar-refractivity contribution >= 4 is 5.69 Å². The highest BCUT2D eigenvalue weighted by atomic mass is 16.5. The maximum absolute atomic E-state index is 5.73. The summed E-state index contributed by atoms with van der Waals surface area (Å²) >= 11 is 0. The molecule has 0 bridgehead atoms. The standard InChI is InChI=1S/C15H24N2O2/c1-17(2)13-5-3-6-14(11-13)19-10-8-16-12-15-7-4-9-18-15/h3,5-6,11,15-16H,4,7-10,12H2,1-2H3. The van der Waals surface area contributed by atoms with Crippen molar-refractivity contribution in [2.24, 2.45) is 0 Å². The summed E-state index contributed by atoms with van der Waals surface area (Å²) in [5.74, 6) is 0.921. The minimum Gasteiger partial charge on any atom is -0.492 e. The molecule has 1 aromatic rings. The number of nitrogens with zero attached hydrogens (tertiary/aromatic N) is 1. The van der Waals surface area contributed by atoms with Gasteiger partial charge < -0.3 is 19.7 Å². The molecule has 0 aliphatic carbocycles. The quantitative estimate of drug-likeness (QED) is 0.763. The minimum atomic E-state index is 0.400. The Balaban J connectivity index is 1.63. The van der Waals surface area contributed by atoms with Gasteiger partial charge >= 0.3 is 0 Å². The third-order valence-corrected chi connectivity index (χ3v) is 3.28. The van der Waals surface area contributed by atoms with Gasteiger partial charge in [0.1, 0.15) is 12.4 Å². The Morgan fingerprint density at radius 1 is 1.42 bits per heavy atom. The van der Waals surface area contributed by atoms with Crippen LogP contribution < -0.4 is 15.0 Å². The zero-order valence-electron chi connectivity index (χ0n) is 11.9. The van der Waals surface area contributed by atoms with Crippen LogP contribution in [-0.2, 0) is 4.74 Å². The first-order valence-corrected chi connectivity index (χ1v) is 6.98. The lowest BCUT2D eigenvalue weighted by Crippen LogP contribution is -2.29. The smallest absolute Gasteiger partial charge is 0.121 e. The van der Waals surface area contributed by atoms with Gasteiger partial charge in [-0.3, -0.25) is 0 Å². The summed E-state index contributed by atoms with van der Waals surface area (Å²) in [5.41, 5.74) is 1.16. The molecule has 1 N–H and O–H groups in total. The molecule has 0 saturated carbocycles. The zero-order valence-corrected chi connectivity index (χ0v) is 11.9. The molecule has 1 fully saturated rings. The Labute approximate surface area is 115 Å². The van der Waals surface area contributed by atoms with Crippen LogP contribution in [0, 0.1) is 0 Å². The van der Waals surface area contributed by atoms with Gasteiger partial charge in [-0.15, -0.1) is 0 Å². The molecule has 1 aromatic carbocycles. The average molecular weight is 264 g/mol. The SMILES string of the molecule is CN(C)c1cccc(OCCNCC2CCCO2)c1. The molecule has 0 aromatic heterocycles. The lowest BCUT2D eigenvalue weighted by Gasteiger charge is -2.14. The van der Waals surface area contributed by atoms with Crippen LogP contribution in [-0.4, -0.2) is 46.5 Å². The van der Waals surface area contributed by atoms with Gasteiger partial charge in [0.15, 0.2) is 0 Å². The second kappa shape index (κ2) is 7.36. The van der Waals surface area contributed by atoms with Crippen molar-refractivity contribution in [2.75, 3.05) is 45.3 Å². The third-order valence-electron chi connectivity index (χ3n) is 3.28. The summed E-state index contributed by atoms with van der Waals surface area (Å²) in [4.78, 5) is 2.07. The molecule has 0 amide bonds. The highest BCUT2D eigenvalue weighted by molar-refractivity contribution is 5.49. The van der Waals surface area contributed by atoms with Crippen LogP contribution in [0.4, 0.5) is 5.69 Å². The maximum Gasteiger partial charge on any atom is 0.121 e. The van der Waals surface area contributed by atoms with Gasteiger partial charge in [0.2, 0.25) is 0 Å². The molecule has 0 spiro atoms. The molecule has 0 radical (unpaired) electrons. The Morgan fingerprint density at radius 3 is 3.05 bits per heavy atom. The molecule has 1 saturated heterocycles. The van der Waals surface area contributed by atoms with Gasteiger partial charge in [-0.1, -0.05) is 6.07 Å². The lowest BCUT2D eigenvalue weighted by molar-refractivity contribution is 0.109. The van der Waals surface area contributed by atoms with E-state index in [2.05, 4.69) is 22.3 Å². The van der Waals surface area contributed by atoms with E-state index in [0.717, 1.165) is 31.1 Å². The van der Waals surface area contributed by atoms with E-state index in [4.69, 9.17) is 9.47 Å². The number of benzene rings is 1. The van der Waals surface area contributed by atoms with Crippen LogP contribution >= 0.6 is 0 Å². The van der Waals surface area contributed by atoms with E-state index in [1.807, 2.05) is 26.2 Å². The van der Waals surface area contributed by atoms with Crippen molar-refractivity contribution in [3.8, 4) is 5.75 Å². The number of nitrogens with one attached hydrogen (secondary N) is 1. The van der Waals surface area contributed by atoms with Crippen molar-refractivity contribution in [3.63, 3.8) is 0 Å². The van der Waals surface area contributed by atoms with Crippen molar-refractivity contribution in [2.45, 2.75) is 18.9 Å². The Morgan fingerprint density at radius 2 is 2.32 bits per heavy atom. The van der Waals surface area contributed by atoms with E-state index in [1.165, 1.54) is 12.8 Å². The van der Waals surface area contributed by atoms with E-state index in [-0.39, 0.29) is 0 Å². The van der Waals surface area contributed by atoms with Crippen LogP contribution in [0.3, 0.4) is 0 Å². The fourth-order valence-electron chi connectivity index (χ4n) is 2.16. The molecule has 4 heteroatoms. The normalized spacial score (nSPS) is 18.5. The number of anilines is 1. The van der Waals surface area contributed by atoms with Crippen LogP contribution in [0.25, 0.3) is 0 Å². The van der Waals surface area contributed by atoms with Gasteiger partial charge in [0.25, 0.3) is 0 Å². The predicted octanol–water partition coefficient (Wildman–Crippen LogP) is 1.90. The molecule has 1 atom stereocenters. The van der Waals surface area contributed by atoms with Crippen LogP contribution in [0.1, 0.15) is 12.8 Å². The zero-order chi connectivity index (χ0) is 13.5. The van der Waals surface area contributed by atoms with Gasteiger partial charge in [-0.05, 0) is 25.0 Å². The molecule has 4 nitrogen and oxygen atoms in total. The summed E-state index contributed by atoms with van der Waals surface area (Å²) in [7, 11) is 4.06. The fraction of sp³-hybridized carbons (Fsp3) is 0.600. The Hall–Kier alpha value is -1.26. The van der Waals surface area contributed by atoms with E-state index in [1.54, 1.807) is 0 Å². The Kier molecular flexibility index (Phi) is 5.48. The van der Waals surface area contributed by atoms with Crippen molar-refractivity contribution in [1.82, 2.24) is 5.32 Å². The summed E-state index contributed by atoms with van der Waals surface area (Å²) in [6.45, 7) is 3.39. The first-order valence-electron chi connectivity index (χ1n) is 6.98. The monoisotopic (exact) mass is 264 g/mol. The first kappa shape index (κ1) is 14.2. The van der Waals surface area contributed by atoms with E-state index in [9.17, 15) is 0 Å². The van der Waals surface area contributed by atoms with Crippen molar-refractivity contribution in [3.05, 3.63) is 24.3 Å². The fourth-order valence-corrected chi connectivity index (χ4v) is 2.16. The highest BCUT2D eigenvalue weighted by Gasteiger charge is 2.14. The van der Waals surface area contributed by atoms with Crippen molar-refractivity contribution < 1.29 is 9.47 Å². The van der Waals surface area contributed by atoms with Gasteiger partial charge in [-0.2, -0.15) is 0 Å². The second-order valence-corrected chi connectivity index (χ2v) is 5.08. The molecule has 1 aliphatic heterocycles. The van der Waals surface area contributed by atoms with E-state index in [0.29, 0.717) is 12.7 Å². The number of hydrogen-bond acceptors (Lipinski definition) is 4. The molecule has 19 heavy (non-hydrogen) atoms. The summed E-state index contributed by atoms with van der Waals surface area (Å²) < 4.78 is 11.3. The molecule has 1 aliphatic rings. The first-order chi connectivity index (χ1) is 9.25. The summed E-state index contributed by atoms with van der Waals surface area (Å²) in [6.07, 6.45) is 2.77. The summed E-state index contributed by atoms with van der Waals surface area (Å²) in [5, 5.41) is 3.37. The van der Waals surface area contributed by atoms with Crippen LogP contribution in [0.2, 0.25) is 0 Å². The minimum absolute atomic E-state index is 0.400. The van der Waals surface area contributed by atoms with Crippen LogP contribution in [0.15, 0.2) is 24.3 Å². The highest BCUT2D eigenvalue weighted by Crippen LogP contribution is 2.19. The molecular weight excluding hydrogens is 240 g/mol. The molecular formula is C15H24N2O2. The summed E-state index contributed by atoms with van der Waals surface area (Å²) in [6, 6.07) is 8.14. The van der Waals surface area contributed by atoms with E-state index >= 15 is 0 Å². The molecule has 1 heterocycles. The largest absolute Gasteiger partial charge is 0.492 e. The topological polar surface area (TPSA) is 33.7 Å². The lowest BCUT2D eigenvalue weighted by atomic mass is 10.2. The molecule has 1 unspecified atom stereocenters. The predicted molar refractivity (Wildman–Crippen MR) is 78.1 cm³/mol. The van der Waals surface area contributed by atoms with E-state index < -0.39 is 0 Å². The second-order valence-electron chi connectivity index (χ2n) is 5.08. The van der Waals surface area contributed by atoms with Gasteiger partial charge in [-0.25, -0.2) is 0 Å². The molecule has 106 valence electrons. The number of ether oxygens (including phenoxy) is 2. The third kappa shape index (κ3) is 4.73. The Bertz CT molecular complexity index is 376. The number of hydrogen-bond donors (Lipinski definition) is 1. The molecule has 2 rings (SSSR count). The van der Waals surface area contributed by atoms with Crippen molar-refractivity contribution in [1.29, 1.82) is 0 Å². The van der Waals surface area contributed by atoms with Crippen LogP contribution in [0.5, 0.6) is 5.75 Å². The number of rotatable bonds is 7. The average Bonchev–Trinajstić information content (AvgIpc) is 2.92. The van der Waals surface area contributed by atoms with Gasteiger partial charge in [0, 0.05) is 45.5 Å². The maximum atomic E-state index is 5.73.